The number of aryl methyl sites for hydroxylation is 1. The lowest BCUT2D eigenvalue weighted by Gasteiger charge is -2.23. The van der Waals surface area contributed by atoms with E-state index in [0.717, 1.165) is 35.6 Å². The van der Waals surface area contributed by atoms with Crippen molar-refractivity contribution in [2.75, 3.05) is 23.7 Å². The average molecular weight is 382 g/mol. The summed E-state index contributed by atoms with van der Waals surface area (Å²) in [5, 5.41) is 2.58. The van der Waals surface area contributed by atoms with E-state index in [0.29, 0.717) is 4.31 Å². The number of carbonyl (C=O) groups excluding carboxylic acids is 1. The molecule has 0 unspecified atom stereocenters. The molecule has 0 atom stereocenters. The van der Waals surface area contributed by atoms with Crippen LogP contribution in [-0.4, -0.2) is 33.7 Å². The Labute approximate surface area is 151 Å². The first-order valence-electron chi connectivity index (χ1n) is 7.93. The summed E-state index contributed by atoms with van der Waals surface area (Å²) in [6, 6.07) is 10.5. The van der Waals surface area contributed by atoms with Gasteiger partial charge in [-0.2, -0.15) is 0 Å². The number of hydrogen-bond donors (Lipinski definition) is 1. The van der Waals surface area contributed by atoms with Gasteiger partial charge in [0.15, 0.2) is 11.6 Å². The minimum Gasteiger partial charge on any atom is -0.354 e. The Morgan fingerprint density at radius 2 is 1.69 bits per heavy atom. The fourth-order valence-electron chi connectivity index (χ4n) is 2.51. The van der Waals surface area contributed by atoms with Crippen molar-refractivity contribution in [3.05, 3.63) is 65.2 Å². The first-order valence-corrected chi connectivity index (χ1v) is 9.78. The molecule has 1 N–H and O–H groups in total. The van der Waals surface area contributed by atoms with Crippen molar-refractivity contribution in [2.45, 2.75) is 13.3 Å². The number of nitrogens with zero attached hydrogens (tertiary/aromatic N) is 1. The molecule has 8 heteroatoms. The maximum atomic E-state index is 13.9. The highest BCUT2D eigenvalue weighted by molar-refractivity contribution is 7.92. The smallest absolute Gasteiger partial charge is 0.232 e. The second kappa shape index (κ2) is 8.27. The van der Waals surface area contributed by atoms with Crippen molar-refractivity contribution < 1.29 is 22.0 Å². The van der Waals surface area contributed by atoms with E-state index in [1.807, 2.05) is 31.2 Å². The van der Waals surface area contributed by atoms with E-state index in [-0.39, 0.29) is 25.4 Å². The lowest BCUT2D eigenvalue weighted by atomic mass is 10.1. The first kappa shape index (κ1) is 19.8. The Balaban J connectivity index is 2.05. The second-order valence-corrected chi connectivity index (χ2v) is 7.77. The van der Waals surface area contributed by atoms with Gasteiger partial charge in [-0.25, -0.2) is 17.2 Å². The zero-order valence-electron chi connectivity index (χ0n) is 14.5. The lowest BCUT2D eigenvalue weighted by molar-refractivity contribution is -0.120. The molecule has 2 aromatic carbocycles. The normalized spacial score (nSPS) is 11.2. The van der Waals surface area contributed by atoms with Gasteiger partial charge in [-0.1, -0.05) is 30.3 Å². The van der Waals surface area contributed by atoms with Crippen molar-refractivity contribution >= 4 is 21.6 Å². The van der Waals surface area contributed by atoms with Crippen LogP contribution < -0.4 is 9.62 Å². The third kappa shape index (κ3) is 5.01. The number of amides is 1. The van der Waals surface area contributed by atoms with Crippen LogP contribution in [0.15, 0.2) is 42.5 Å². The second-order valence-electron chi connectivity index (χ2n) is 5.86. The van der Waals surface area contributed by atoms with Gasteiger partial charge in [0.25, 0.3) is 0 Å². The number of rotatable bonds is 7. The van der Waals surface area contributed by atoms with Crippen LogP contribution in [0.25, 0.3) is 0 Å². The topological polar surface area (TPSA) is 66.5 Å². The average Bonchev–Trinajstić information content (AvgIpc) is 2.54. The number of sulfonamides is 1. The molecule has 2 aromatic rings. The molecule has 5 nitrogen and oxygen atoms in total. The molecule has 0 fully saturated rings. The van der Waals surface area contributed by atoms with E-state index >= 15 is 0 Å². The number of anilines is 1. The van der Waals surface area contributed by atoms with Gasteiger partial charge >= 0.3 is 0 Å². The summed E-state index contributed by atoms with van der Waals surface area (Å²) >= 11 is 0. The zero-order chi connectivity index (χ0) is 19.3. The third-order valence-electron chi connectivity index (χ3n) is 3.84. The zero-order valence-corrected chi connectivity index (χ0v) is 15.3. The SMILES string of the molecule is Cc1ccccc1CC(=O)NCCN(c1c(F)cccc1F)S(C)(=O)=O. The summed E-state index contributed by atoms with van der Waals surface area (Å²) in [4.78, 5) is 12.0. The van der Waals surface area contributed by atoms with Crippen LogP contribution >= 0.6 is 0 Å². The fraction of sp³-hybridized carbons (Fsp3) is 0.278. The monoisotopic (exact) mass is 382 g/mol. The number of halogens is 2. The Bertz CT molecular complexity index is 881. The van der Waals surface area contributed by atoms with Crippen LogP contribution in [0.1, 0.15) is 11.1 Å². The molecule has 0 bridgehead atoms. The van der Waals surface area contributed by atoms with Gasteiger partial charge in [0, 0.05) is 6.54 Å². The van der Waals surface area contributed by atoms with Crippen LogP contribution in [0, 0.1) is 18.6 Å². The maximum absolute atomic E-state index is 13.9. The van der Waals surface area contributed by atoms with Crippen LogP contribution in [0.3, 0.4) is 0 Å². The minimum absolute atomic E-state index is 0.0778. The maximum Gasteiger partial charge on any atom is 0.232 e. The third-order valence-corrected chi connectivity index (χ3v) is 5.00. The van der Waals surface area contributed by atoms with E-state index in [1.54, 1.807) is 0 Å². The Morgan fingerprint density at radius 3 is 2.27 bits per heavy atom. The molecular weight excluding hydrogens is 362 g/mol. The van der Waals surface area contributed by atoms with Crippen molar-refractivity contribution in [1.82, 2.24) is 5.32 Å². The summed E-state index contributed by atoms with van der Waals surface area (Å²) < 4.78 is 52.3. The number of nitrogens with one attached hydrogen (secondary N) is 1. The first-order chi connectivity index (χ1) is 12.2. The molecule has 0 aliphatic heterocycles. The van der Waals surface area contributed by atoms with Crippen molar-refractivity contribution in [1.29, 1.82) is 0 Å². The Kier molecular flexibility index (Phi) is 6.31. The predicted octanol–water partition coefficient (Wildman–Crippen LogP) is 2.40. The van der Waals surface area contributed by atoms with E-state index in [4.69, 9.17) is 0 Å². The number of para-hydroxylation sites is 1. The Hall–Kier alpha value is -2.48. The fourth-order valence-corrected chi connectivity index (χ4v) is 3.44. The van der Waals surface area contributed by atoms with Gasteiger partial charge in [-0.05, 0) is 30.2 Å². The summed E-state index contributed by atoms with van der Waals surface area (Å²) in [7, 11) is -3.92. The molecule has 140 valence electrons. The molecule has 0 heterocycles. The van der Waals surface area contributed by atoms with Crippen LogP contribution in [-0.2, 0) is 21.2 Å². The molecule has 0 saturated heterocycles. The predicted molar refractivity (Wildman–Crippen MR) is 96.4 cm³/mol. The van der Waals surface area contributed by atoms with Crippen LogP contribution in [0.4, 0.5) is 14.5 Å². The molecule has 26 heavy (non-hydrogen) atoms. The van der Waals surface area contributed by atoms with E-state index in [2.05, 4.69) is 5.32 Å². The highest BCUT2D eigenvalue weighted by atomic mass is 32.2. The largest absolute Gasteiger partial charge is 0.354 e. The number of carbonyl (C=O) groups is 1. The van der Waals surface area contributed by atoms with Crippen molar-refractivity contribution in [2.24, 2.45) is 0 Å². The molecule has 0 radical (unpaired) electrons. The molecular formula is C18H20F2N2O3S. The number of hydrogen-bond acceptors (Lipinski definition) is 3. The number of benzene rings is 2. The molecule has 0 spiro atoms. The van der Waals surface area contributed by atoms with Crippen molar-refractivity contribution in [3.8, 4) is 0 Å². The quantitative estimate of drug-likeness (QED) is 0.800. The van der Waals surface area contributed by atoms with E-state index in [1.165, 1.54) is 0 Å². The molecule has 0 aliphatic rings. The molecule has 0 aliphatic carbocycles. The van der Waals surface area contributed by atoms with Gasteiger partial charge in [0.05, 0.1) is 19.2 Å². The lowest BCUT2D eigenvalue weighted by Crippen LogP contribution is -2.39. The van der Waals surface area contributed by atoms with Gasteiger partial charge in [0.2, 0.25) is 15.9 Å². The summed E-state index contributed by atoms with van der Waals surface area (Å²) in [5.41, 5.74) is 1.17. The van der Waals surface area contributed by atoms with E-state index < -0.39 is 27.3 Å². The van der Waals surface area contributed by atoms with Gasteiger partial charge < -0.3 is 5.32 Å². The van der Waals surface area contributed by atoms with Crippen LogP contribution in [0.5, 0.6) is 0 Å². The van der Waals surface area contributed by atoms with Gasteiger partial charge in [-0.15, -0.1) is 0 Å². The summed E-state index contributed by atoms with van der Waals surface area (Å²) in [6.45, 7) is 1.52. The van der Waals surface area contributed by atoms with Crippen molar-refractivity contribution in [3.63, 3.8) is 0 Å². The minimum atomic E-state index is -3.92. The van der Waals surface area contributed by atoms with Gasteiger partial charge in [0.1, 0.15) is 5.69 Å². The highest BCUT2D eigenvalue weighted by Gasteiger charge is 2.24. The van der Waals surface area contributed by atoms with Crippen LogP contribution in [0.2, 0.25) is 0 Å². The van der Waals surface area contributed by atoms with Gasteiger partial charge in [-0.3, -0.25) is 9.10 Å². The molecule has 0 aromatic heterocycles. The van der Waals surface area contributed by atoms with E-state index in [9.17, 15) is 22.0 Å². The standard InChI is InChI=1S/C18H20F2N2O3S/c1-13-6-3-4-7-14(13)12-17(23)21-10-11-22(26(2,24)25)18-15(19)8-5-9-16(18)20/h3-9H,10-12H2,1-2H3,(H,21,23). The molecule has 0 saturated carbocycles. The Morgan fingerprint density at radius 1 is 1.08 bits per heavy atom. The highest BCUT2D eigenvalue weighted by Crippen LogP contribution is 2.24. The molecule has 1 amide bonds. The summed E-state index contributed by atoms with van der Waals surface area (Å²) in [6.07, 6.45) is 0.994. The molecule has 2 rings (SSSR count). The summed E-state index contributed by atoms with van der Waals surface area (Å²) in [5.74, 6) is -2.27.